The van der Waals surface area contributed by atoms with Crippen LogP contribution in [-0.4, -0.2) is 41.5 Å². The lowest BCUT2D eigenvalue weighted by atomic mass is 9.87. The molecule has 0 unspecified atom stereocenters. The zero-order chi connectivity index (χ0) is 62.5. The van der Waals surface area contributed by atoms with E-state index in [1.807, 2.05) is 77.8 Å². The molecule has 5 aromatic carbocycles. The van der Waals surface area contributed by atoms with Crippen molar-refractivity contribution >= 4 is 11.9 Å². The second-order valence-corrected chi connectivity index (χ2v) is 25.2. The first-order valence-electron chi connectivity index (χ1n) is 28.8. The SMILES string of the molecule is CC(C)(C)c1ccccc1.CC(C)(C)c1ccccc1.CC(C)(C)c1ccccc1.CC(C)(C)c1ccccc1.CC(C)(C)c1ccccc1.CC1=NN=CC1.Cc1cc(C)n(C)n1.Cc1ccco1.Cc1ncccn1.Cn1cccn1. The van der Waals surface area contributed by atoms with Crippen molar-refractivity contribution in [3.05, 3.63) is 264 Å². The monoisotopic (exact) mass is 1120 g/mol. The zero-order valence-electron chi connectivity index (χ0n) is 55.0. The molecule has 83 heavy (non-hydrogen) atoms. The van der Waals surface area contributed by atoms with Gasteiger partial charge in [0.2, 0.25) is 0 Å². The Labute approximate surface area is 503 Å². The Bertz CT molecular complexity index is 2670. The Balaban J connectivity index is 0.000000464. The van der Waals surface area contributed by atoms with Crippen LogP contribution in [0.2, 0.25) is 0 Å². The Morgan fingerprint density at radius 3 is 0.867 bits per heavy atom. The Morgan fingerprint density at radius 1 is 0.410 bits per heavy atom. The molecule has 4 aromatic heterocycles. The third kappa shape index (κ3) is 36.3. The lowest BCUT2D eigenvalue weighted by molar-refractivity contribution is 0.534. The normalized spacial score (nSPS) is 11.2. The van der Waals surface area contributed by atoms with Crippen LogP contribution in [0, 0.1) is 27.7 Å². The zero-order valence-corrected chi connectivity index (χ0v) is 55.0. The van der Waals surface area contributed by atoms with E-state index in [-0.39, 0.29) is 0 Å². The fourth-order valence-electron chi connectivity index (χ4n) is 6.86. The summed E-state index contributed by atoms with van der Waals surface area (Å²) in [5.74, 6) is 1.79. The average Bonchev–Trinajstić information content (AvgIpc) is 4.31. The molecule has 0 saturated carbocycles. The largest absolute Gasteiger partial charge is 0.470 e. The lowest BCUT2D eigenvalue weighted by Crippen LogP contribution is -2.10. The molecule has 9 heteroatoms. The van der Waals surface area contributed by atoms with Gasteiger partial charge < -0.3 is 4.42 Å². The summed E-state index contributed by atoms with van der Waals surface area (Å²) in [6.45, 7) is 43.1. The van der Waals surface area contributed by atoms with Crippen LogP contribution in [0.1, 0.15) is 168 Å². The molecule has 5 heterocycles. The first kappa shape index (κ1) is 73.2. The van der Waals surface area contributed by atoms with Crippen molar-refractivity contribution in [2.75, 3.05) is 0 Å². The third-order valence-electron chi connectivity index (χ3n) is 12.1. The van der Waals surface area contributed by atoms with Gasteiger partial charge >= 0.3 is 0 Å². The molecule has 10 rings (SSSR count). The van der Waals surface area contributed by atoms with Gasteiger partial charge in [-0.1, -0.05) is 256 Å². The molecule has 9 aromatic rings. The van der Waals surface area contributed by atoms with Crippen LogP contribution in [0.3, 0.4) is 0 Å². The summed E-state index contributed by atoms with van der Waals surface area (Å²) in [7, 11) is 3.84. The van der Waals surface area contributed by atoms with Crippen molar-refractivity contribution in [3.63, 3.8) is 0 Å². The molecule has 0 N–H and O–H groups in total. The summed E-state index contributed by atoms with van der Waals surface area (Å²) in [5, 5.41) is 15.3. The molecule has 446 valence electrons. The van der Waals surface area contributed by atoms with E-state index < -0.39 is 0 Å². The minimum absolute atomic E-state index is 0.293. The van der Waals surface area contributed by atoms with Crippen LogP contribution in [0.4, 0.5) is 0 Å². The highest BCUT2D eigenvalue weighted by Gasteiger charge is 2.14. The van der Waals surface area contributed by atoms with Gasteiger partial charge in [-0.3, -0.25) is 9.36 Å². The van der Waals surface area contributed by atoms with E-state index in [2.05, 4.69) is 292 Å². The van der Waals surface area contributed by atoms with Gasteiger partial charge in [-0.05, 0) is 120 Å². The maximum atomic E-state index is 4.83. The van der Waals surface area contributed by atoms with Crippen molar-refractivity contribution in [1.29, 1.82) is 0 Å². The predicted molar refractivity (Wildman–Crippen MR) is 358 cm³/mol. The molecule has 0 fully saturated rings. The molecular formula is C74H104N8O. The second-order valence-electron chi connectivity index (χ2n) is 25.2. The van der Waals surface area contributed by atoms with E-state index in [0.717, 1.165) is 29.4 Å². The quantitative estimate of drug-likeness (QED) is 0.151. The molecule has 1 aliphatic rings. The van der Waals surface area contributed by atoms with Gasteiger partial charge in [0.15, 0.2) is 0 Å². The minimum Gasteiger partial charge on any atom is -0.470 e. The Kier molecular flexibility index (Phi) is 33.6. The summed E-state index contributed by atoms with van der Waals surface area (Å²) >= 11 is 0. The molecule has 0 saturated heterocycles. The van der Waals surface area contributed by atoms with Crippen molar-refractivity contribution in [2.45, 2.75) is 172 Å². The number of nitrogens with zero attached hydrogens (tertiary/aromatic N) is 8. The van der Waals surface area contributed by atoms with Crippen molar-refractivity contribution in [3.8, 4) is 0 Å². The van der Waals surface area contributed by atoms with Crippen LogP contribution in [0.5, 0.6) is 0 Å². The van der Waals surface area contributed by atoms with Crippen molar-refractivity contribution in [1.82, 2.24) is 29.5 Å². The standard InChI is InChI=1S/5C10H14.C6H10N2.C5H6N2.C5H6O.2C4H6N2/c5*1-10(2,3)9-7-5-4-6-8-9;1-5-4-6(2)8(3)7-5;1-5-6-3-2-4-7-5;1-5-3-2-4-6-5;1-6-4-2-3-5-6;1-4-2-3-5-6-4/h5*4-8H,1-3H3;4H,1-3H3;2-4H,1H3;2*2-4H,1H3;3H,2H2,1H3. The molecule has 1 aliphatic heterocycles. The first-order valence-corrected chi connectivity index (χ1v) is 28.8. The van der Waals surface area contributed by atoms with E-state index in [1.54, 1.807) is 41.8 Å². The number of aromatic nitrogens is 6. The smallest absolute Gasteiger partial charge is 0.125 e. The summed E-state index contributed by atoms with van der Waals surface area (Å²) in [4.78, 5) is 7.74. The van der Waals surface area contributed by atoms with E-state index >= 15 is 0 Å². The van der Waals surface area contributed by atoms with Crippen LogP contribution >= 0.6 is 0 Å². The van der Waals surface area contributed by atoms with Crippen LogP contribution < -0.4 is 0 Å². The molecule has 0 spiro atoms. The third-order valence-corrected chi connectivity index (χ3v) is 12.1. The minimum atomic E-state index is 0.293. The van der Waals surface area contributed by atoms with Crippen molar-refractivity contribution < 1.29 is 4.42 Å². The topological polar surface area (TPSA) is 99.3 Å². The summed E-state index contributed by atoms with van der Waals surface area (Å²) in [6, 6.07) is 62.3. The molecule has 0 atom stereocenters. The highest BCUT2D eigenvalue weighted by Crippen LogP contribution is 2.24. The lowest BCUT2D eigenvalue weighted by Gasteiger charge is -2.18. The van der Waals surface area contributed by atoms with Gasteiger partial charge in [-0.15, -0.1) is 0 Å². The summed E-state index contributed by atoms with van der Waals surface area (Å²) in [6.07, 6.45) is 11.5. The number of aryl methyl sites for hydroxylation is 6. The predicted octanol–water partition coefficient (Wildman–Crippen LogP) is 19.6. The van der Waals surface area contributed by atoms with E-state index in [9.17, 15) is 0 Å². The van der Waals surface area contributed by atoms with Gasteiger partial charge in [-0.2, -0.15) is 20.4 Å². The van der Waals surface area contributed by atoms with Crippen molar-refractivity contribution in [2.24, 2.45) is 24.3 Å². The van der Waals surface area contributed by atoms with E-state index in [4.69, 9.17) is 4.42 Å². The number of rotatable bonds is 0. The summed E-state index contributed by atoms with van der Waals surface area (Å²) in [5.41, 5.74) is 11.9. The second kappa shape index (κ2) is 38.1. The van der Waals surface area contributed by atoms with E-state index in [0.29, 0.717) is 27.1 Å². The molecule has 9 nitrogen and oxygen atoms in total. The Hall–Kier alpha value is -7.78. The maximum absolute atomic E-state index is 4.83. The summed E-state index contributed by atoms with van der Waals surface area (Å²) < 4.78 is 8.45. The van der Waals surface area contributed by atoms with Gasteiger partial charge in [0.05, 0.1) is 12.0 Å². The van der Waals surface area contributed by atoms with Crippen LogP contribution in [-0.2, 0) is 41.2 Å². The van der Waals surface area contributed by atoms with Gasteiger partial charge in [0.1, 0.15) is 11.6 Å². The number of benzene rings is 5. The molecular weight excluding hydrogens is 1020 g/mol. The van der Waals surface area contributed by atoms with Gasteiger partial charge in [-0.25, -0.2) is 9.97 Å². The van der Waals surface area contributed by atoms with Gasteiger partial charge in [0.25, 0.3) is 0 Å². The van der Waals surface area contributed by atoms with Crippen LogP contribution in [0.25, 0.3) is 0 Å². The number of hydrogen-bond donors (Lipinski definition) is 0. The molecule has 0 radical (unpaired) electrons. The van der Waals surface area contributed by atoms with Gasteiger partial charge in [0, 0.05) is 62.9 Å². The van der Waals surface area contributed by atoms with E-state index in [1.165, 1.54) is 33.5 Å². The molecule has 0 amide bonds. The first-order chi connectivity index (χ1) is 38.8. The maximum Gasteiger partial charge on any atom is 0.125 e. The fraction of sp³-hybridized carbons (Fsp3) is 0.378. The highest BCUT2D eigenvalue weighted by atomic mass is 16.3. The van der Waals surface area contributed by atoms with Crippen LogP contribution in [0.15, 0.2) is 228 Å². The molecule has 0 aliphatic carbocycles. The number of furan rings is 1. The molecule has 0 bridgehead atoms. The highest BCUT2D eigenvalue weighted by molar-refractivity contribution is 5.96. The average molecular weight is 1120 g/mol. The fourth-order valence-corrected chi connectivity index (χ4v) is 6.86. The Morgan fingerprint density at radius 2 is 0.759 bits per heavy atom. The number of hydrogen-bond acceptors (Lipinski definition) is 7.